The number of aromatic nitrogens is 2. The van der Waals surface area contributed by atoms with E-state index in [4.69, 9.17) is 4.42 Å². The monoisotopic (exact) mass is 302 g/mol. The summed E-state index contributed by atoms with van der Waals surface area (Å²) in [6.07, 6.45) is 5.46. The summed E-state index contributed by atoms with van der Waals surface area (Å²) in [5.74, 6) is 0.470. The van der Waals surface area contributed by atoms with Gasteiger partial charge in [0.15, 0.2) is 0 Å². The fourth-order valence-corrected chi connectivity index (χ4v) is 2.52. The molecule has 0 unspecified atom stereocenters. The summed E-state index contributed by atoms with van der Waals surface area (Å²) in [6, 6.07) is 3.52. The number of hydrogen-bond acceptors (Lipinski definition) is 6. The Morgan fingerprint density at radius 3 is 2.77 bits per heavy atom. The van der Waals surface area contributed by atoms with Gasteiger partial charge in [0, 0.05) is 45.1 Å². The molecule has 0 aliphatic carbocycles. The molecule has 3 heterocycles. The molecule has 1 N–H and O–H groups in total. The summed E-state index contributed by atoms with van der Waals surface area (Å²) in [7, 11) is 0. The number of furan rings is 1. The van der Waals surface area contributed by atoms with Gasteiger partial charge in [-0.2, -0.15) is 0 Å². The number of carbonyl (C=O) groups excluding carboxylic acids is 1. The fraction of sp³-hybridized carbons (Fsp3) is 0.400. The van der Waals surface area contributed by atoms with Crippen LogP contribution in [0.25, 0.3) is 0 Å². The van der Waals surface area contributed by atoms with Crippen LogP contribution < -0.4 is 0 Å². The Bertz CT molecular complexity index is 595. The van der Waals surface area contributed by atoms with Crippen LogP contribution in [0.3, 0.4) is 0 Å². The maximum Gasteiger partial charge on any atom is 0.274 e. The number of β-amino-alcohol motifs (C(OH)–C–C–N with tert-alkyl or cyclic N) is 1. The van der Waals surface area contributed by atoms with Crippen molar-refractivity contribution >= 4 is 5.91 Å². The fourth-order valence-electron chi connectivity index (χ4n) is 2.52. The highest BCUT2D eigenvalue weighted by Gasteiger charge is 2.24. The SMILES string of the molecule is O=C(c1cnccn1)N1CCN(C[C@@H](O)c2ccco2)CC1. The van der Waals surface area contributed by atoms with Crippen LogP contribution in [-0.4, -0.2) is 63.5 Å². The second-order valence-corrected chi connectivity index (χ2v) is 5.21. The summed E-state index contributed by atoms with van der Waals surface area (Å²) < 4.78 is 5.20. The quantitative estimate of drug-likeness (QED) is 0.888. The van der Waals surface area contributed by atoms with E-state index in [2.05, 4.69) is 14.9 Å². The molecular weight excluding hydrogens is 284 g/mol. The zero-order valence-electron chi connectivity index (χ0n) is 12.1. The Morgan fingerprint density at radius 2 is 2.14 bits per heavy atom. The first-order chi connectivity index (χ1) is 10.7. The van der Waals surface area contributed by atoms with Crippen molar-refractivity contribution in [1.82, 2.24) is 19.8 Å². The topological polar surface area (TPSA) is 82.7 Å². The normalized spacial score (nSPS) is 17.4. The number of aliphatic hydroxyl groups excluding tert-OH is 1. The van der Waals surface area contributed by atoms with E-state index in [0.717, 1.165) is 0 Å². The van der Waals surface area contributed by atoms with Crippen molar-refractivity contribution in [2.75, 3.05) is 32.7 Å². The number of hydrogen-bond donors (Lipinski definition) is 1. The Labute approximate surface area is 128 Å². The van der Waals surface area contributed by atoms with Crippen molar-refractivity contribution in [3.63, 3.8) is 0 Å². The van der Waals surface area contributed by atoms with E-state index in [1.807, 2.05) is 0 Å². The summed E-state index contributed by atoms with van der Waals surface area (Å²) in [4.78, 5) is 24.1. The maximum absolute atomic E-state index is 12.3. The first-order valence-corrected chi connectivity index (χ1v) is 7.23. The number of rotatable bonds is 4. The number of piperazine rings is 1. The molecule has 3 rings (SSSR count). The van der Waals surface area contributed by atoms with E-state index in [1.165, 1.54) is 12.4 Å². The van der Waals surface area contributed by atoms with Crippen LogP contribution in [-0.2, 0) is 0 Å². The van der Waals surface area contributed by atoms with Crippen molar-refractivity contribution in [2.45, 2.75) is 6.10 Å². The highest BCUT2D eigenvalue weighted by molar-refractivity contribution is 5.92. The minimum absolute atomic E-state index is 0.0978. The lowest BCUT2D eigenvalue weighted by Gasteiger charge is -2.35. The van der Waals surface area contributed by atoms with Crippen molar-refractivity contribution < 1.29 is 14.3 Å². The van der Waals surface area contributed by atoms with Crippen LogP contribution in [0.5, 0.6) is 0 Å². The van der Waals surface area contributed by atoms with Gasteiger partial charge in [0.05, 0.1) is 12.5 Å². The zero-order chi connectivity index (χ0) is 15.4. The molecule has 22 heavy (non-hydrogen) atoms. The molecule has 0 saturated carbocycles. The second kappa shape index (κ2) is 6.67. The highest BCUT2D eigenvalue weighted by atomic mass is 16.4. The molecule has 1 fully saturated rings. The second-order valence-electron chi connectivity index (χ2n) is 5.21. The Morgan fingerprint density at radius 1 is 1.32 bits per heavy atom. The number of aliphatic hydroxyl groups is 1. The lowest BCUT2D eigenvalue weighted by atomic mass is 10.2. The van der Waals surface area contributed by atoms with Gasteiger partial charge in [-0.3, -0.25) is 14.7 Å². The van der Waals surface area contributed by atoms with E-state index in [9.17, 15) is 9.90 Å². The van der Waals surface area contributed by atoms with E-state index < -0.39 is 6.10 Å². The Kier molecular flexibility index (Phi) is 4.45. The van der Waals surface area contributed by atoms with Gasteiger partial charge in [0.2, 0.25) is 0 Å². The smallest absolute Gasteiger partial charge is 0.274 e. The predicted molar refractivity (Wildman–Crippen MR) is 78.0 cm³/mol. The maximum atomic E-state index is 12.3. The molecule has 0 aromatic carbocycles. The third kappa shape index (κ3) is 3.32. The molecule has 1 saturated heterocycles. The average molecular weight is 302 g/mol. The standard InChI is InChI=1S/C15H18N4O3/c20-13(14-2-1-9-22-14)11-18-5-7-19(8-6-18)15(21)12-10-16-3-4-17-12/h1-4,9-10,13,20H,5-8,11H2/t13-/m1/s1. The van der Waals surface area contributed by atoms with E-state index in [1.54, 1.807) is 29.5 Å². The van der Waals surface area contributed by atoms with Crippen molar-refractivity contribution in [3.05, 3.63) is 48.4 Å². The number of carbonyl (C=O) groups is 1. The third-order valence-electron chi connectivity index (χ3n) is 3.74. The summed E-state index contributed by atoms with van der Waals surface area (Å²) in [5.41, 5.74) is 0.367. The van der Waals surface area contributed by atoms with Gasteiger partial charge < -0.3 is 14.4 Å². The molecule has 1 aliphatic heterocycles. The molecule has 116 valence electrons. The third-order valence-corrected chi connectivity index (χ3v) is 3.74. The van der Waals surface area contributed by atoms with Crippen LogP contribution in [0.15, 0.2) is 41.4 Å². The molecule has 0 spiro atoms. The van der Waals surface area contributed by atoms with Gasteiger partial charge in [-0.15, -0.1) is 0 Å². The van der Waals surface area contributed by atoms with Crippen LogP contribution in [0.2, 0.25) is 0 Å². The molecule has 1 aliphatic rings. The van der Waals surface area contributed by atoms with Gasteiger partial charge >= 0.3 is 0 Å². The molecule has 7 nitrogen and oxygen atoms in total. The summed E-state index contributed by atoms with van der Waals surface area (Å²) >= 11 is 0. The van der Waals surface area contributed by atoms with Gasteiger partial charge in [0.25, 0.3) is 5.91 Å². The van der Waals surface area contributed by atoms with Crippen molar-refractivity contribution in [2.24, 2.45) is 0 Å². The molecule has 1 atom stereocenters. The number of amides is 1. The number of nitrogens with zero attached hydrogens (tertiary/aromatic N) is 4. The Hall–Kier alpha value is -2.25. The van der Waals surface area contributed by atoms with Gasteiger partial charge in [0.1, 0.15) is 17.6 Å². The summed E-state index contributed by atoms with van der Waals surface area (Å²) in [5, 5.41) is 10.1. The van der Waals surface area contributed by atoms with Crippen LogP contribution >= 0.6 is 0 Å². The molecule has 0 radical (unpaired) electrons. The van der Waals surface area contributed by atoms with Crippen LogP contribution in [0, 0.1) is 0 Å². The minimum atomic E-state index is -0.641. The van der Waals surface area contributed by atoms with Gasteiger partial charge in [-0.25, -0.2) is 4.98 Å². The zero-order valence-corrected chi connectivity index (χ0v) is 12.1. The first-order valence-electron chi connectivity index (χ1n) is 7.23. The van der Waals surface area contributed by atoms with E-state index >= 15 is 0 Å². The largest absolute Gasteiger partial charge is 0.467 e. The average Bonchev–Trinajstić information content (AvgIpc) is 3.10. The molecule has 0 bridgehead atoms. The van der Waals surface area contributed by atoms with Gasteiger partial charge in [-0.1, -0.05) is 0 Å². The molecule has 1 amide bonds. The lowest BCUT2D eigenvalue weighted by Crippen LogP contribution is -2.49. The van der Waals surface area contributed by atoms with Crippen molar-refractivity contribution in [1.29, 1.82) is 0 Å². The van der Waals surface area contributed by atoms with Crippen molar-refractivity contribution in [3.8, 4) is 0 Å². The van der Waals surface area contributed by atoms with Crippen LogP contribution in [0.1, 0.15) is 22.4 Å². The minimum Gasteiger partial charge on any atom is -0.467 e. The molecule has 2 aromatic heterocycles. The van der Waals surface area contributed by atoms with E-state index in [-0.39, 0.29) is 5.91 Å². The predicted octanol–water partition coefficient (Wildman–Crippen LogP) is 0.561. The lowest BCUT2D eigenvalue weighted by molar-refractivity contribution is 0.0482. The van der Waals surface area contributed by atoms with Crippen LogP contribution in [0.4, 0.5) is 0 Å². The Balaban J connectivity index is 1.51. The molecular formula is C15H18N4O3. The molecule has 7 heteroatoms. The first kappa shape index (κ1) is 14.7. The summed E-state index contributed by atoms with van der Waals surface area (Å²) in [6.45, 7) is 3.15. The van der Waals surface area contributed by atoms with Gasteiger partial charge in [-0.05, 0) is 12.1 Å². The molecule has 2 aromatic rings. The highest BCUT2D eigenvalue weighted by Crippen LogP contribution is 2.16. The van der Waals surface area contributed by atoms with E-state index in [0.29, 0.717) is 44.2 Å².